The van der Waals surface area contributed by atoms with E-state index in [-0.39, 0.29) is 5.52 Å². The Labute approximate surface area is 151 Å². The van der Waals surface area contributed by atoms with E-state index in [1.54, 1.807) is 0 Å². The Morgan fingerprint density at radius 2 is 1.16 bits per heavy atom. The van der Waals surface area contributed by atoms with E-state index in [0.717, 1.165) is 27.3 Å². The van der Waals surface area contributed by atoms with Crippen LogP contribution in [0.3, 0.4) is 0 Å². The molecular formula is C23H23OP. The van der Waals surface area contributed by atoms with E-state index in [2.05, 4.69) is 58.0 Å². The summed E-state index contributed by atoms with van der Waals surface area (Å²) in [6.45, 7) is 8.34. The van der Waals surface area contributed by atoms with E-state index in [9.17, 15) is 4.79 Å². The average Bonchev–Trinajstić information content (AvgIpc) is 2.62. The van der Waals surface area contributed by atoms with Crippen LogP contribution in [0.25, 0.3) is 0 Å². The van der Waals surface area contributed by atoms with Gasteiger partial charge in [0.2, 0.25) is 0 Å². The molecule has 0 fully saturated rings. The van der Waals surface area contributed by atoms with Gasteiger partial charge in [0, 0.05) is 13.5 Å². The molecule has 25 heavy (non-hydrogen) atoms. The van der Waals surface area contributed by atoms with Crippen molar-refractivity contribution in [3.8, 4) is 0 Å². The average molecular weight is 346 g/mol. The van der Waals surface area contributed by atoms with E-state index in [4.69, 9.17) is 0 Å². The van der Waals surface area contributed by atoms with Crippen molar-refractivity contribution in [3.05, 3.63) is 94.5 Å². The molecule has 2 heteroatoms. The molecule has 0 atom stereocenters. The molecule has 0 saturated carbocycles. The zero-order valence-electron chi connectivity index (χ0n) is 15.2. The summed E-state index contributed by atoms with van der Waals surface area (Å²) in [5.41, 5.74) is 5.78. The first-order chi connectivity index (χ1) is 12.0. The predicted octanol–water partition coefficient (Wildman–Crippen LogP) is 5.19. The van der Waals surface area contributed by atoms with Crippen LogP contribution in [-0.2, 0) is 0 Å². The summed E-state index contributed by atoms with van der Waals surface area (Å²) < 4.78 is 0. The lowest BCUT2D eigenvalue weighted by atomic mass is 9.95. The van der Waals surface area contributed by atoms with Crippen LogP contribution in [0.2, 0.25) is 0 Å². The lowest BCUT2D eigenvalue weighted by molar-refractivity contribution is 0.108. The zero-order valence-corrected chi connectivity index (χ0v) is 16.1. The molecule has 0 radical (unpaired) electrons. The van der Waals surface area contributed by atoms with E-state index >= 15 is 0 Å². The highest BCUT2D eigenvalue weighted by Crippen LogP contribution is 2.40. The second-order valence-corrected chi connectivity index (χ2v) is 8.56. The van der Waals surface area contributed by atoms with Gasteiger partial charge in [-0.3, -0.25) is 4.79 Å². The Kier molecular flexibility index (Phi) is 5.16. The Morgan fingerprint density at radius 1 is 0.680 bits per heavy atom. The molecule has 3 aromatic carbocycles. The fourth-order valence-electron chi connectivity index (χ4n) is 3.26. The number of hydrogen-bond donors (Lipinski definition) is 0. The Morgan fingerprint density at radius 3 is 1.64 bits per heavy atom. The summed E-state index contributed by atoms with van der Waals surface area (Å²) in [4.78, 5) is 13.7. The molecule has 0 unspecified atom stereocenters. The van der Waals surface area contributed by atoms with Crippen LogP contribution in [0.15, 0.2) is 66.7 Å². The number of carbonyl (C=O) groups excluding carboxylic acids is 1. The SMILES string of the molecule is Cc1cc(C)c(C(=O)P(c2ccccc2)c2ccccc2)c(C)c1C. The van der Waals surface area contributed by atoms with Gasteiger partial charge in [-0.15, -0.1) is 0 Å². The number of carbonyl (C=O) groups is 1. The Hall–Kier alpha value is -2.24. The minimum Gasteiger partial charge on any atom is -0.288 e. The first-order valence-electron chi connectivity index (χ1n) is 8.52. The molecule has 3 rings (SSSR count). The third-order valence-corrected chi connectivity index (χ3v) is 7.06. The first kappa shape index (κ1) is 17.6. The third-order valence-electron chi connectivity index (χ3n) is 4.80. The van der Waals surface area contributed by atoms with Gasteiger partial charge in [0.05, 0.1) is 0 Å². The van der Waals surface area contributed by atoms with Crippen molar-refractivity contribution in [3.63, 3.8) is 0 Å². The van der Waals surface area contributed by atoms with Gasteiger partial charge in [-0.1, -0.05) is 66.7 Å². The summed E-state index contributed by atoms with van der Waals surface area (Å²) in [6, 6.07) is 22.5. The van der Waals surface area contributed by atoms with E-state index in [1.165, 1.54) is 11.1 Å². The molecule has 0 N–H and O–H groups in total. The van der Waals surface area contributed by atoms with Crippen molar-refractivity contribution in [2.75, 3.05) is 0 Å². The monoisotopic (exact) mass is 346 g/mol. The molecular weight excluding hydrogens is 323 g/mol. The Bertz CT molecular complexity index is 859. The minimum absolute atomic E-state index is 0.241. The zero-order chi connectivity index (χ0) is 18.0. The molecule has 0 heterocycles. The number of rotatable bonds is 4. The maximum Gasteiger partial charge on any atom is 0.193 e. The Balaban J connectivity index is 2.19. The van der Waals surface area contributed by atoms with Gasteiger partial charge in [-0.2, -0.15) is 0 Å². The van der Waals surface area contributed by atoms with Gasteiger partial charge < -0.3 is 0 Å². The molecule has 0 saturated heterocycles. The summed E-state index contributed by atoms with van der Waals surface area (Å²) >= 11 is 0. The van der Waals surface area contributed by atoms with Crippen molar-refractivity contribution in [1.29, 1.82) is 0 Å². The fraction of sp³-hybridized carbons (Fsp3) is 0.174. The van der Waals surface area contributed by atoms with Crippen molar-refractivity contribution < 1.29 is 4.79 Å². The second kappa shape index (κ2) is 7.33. The van der Waals surface area contributed by atoms with Gasteiger partial charge >= 0.3 is 0 Å². The molecule has 0 aliphatic carbocycles. The van der Waals surface area contributed by atoms with Crippen LogP contribution in [0.1, 0.15) is 32.6 Å². The molecule has 126 valence electrons. The van der Waals surface area contributed by atoms with Crippen molar-refractivity contribution in [1.82, 2.24) is 0 Å². The number of aryl methyl sites for hydroxylation is 2. The van der Waals surface area contributed by atoms with Gasteiger partial charge in [-0.05, 0) is 60.6 Å². The highest BCUT2D eigenvalue weighted by atomic mass is 31.1. The van der Waals surface area contributed by atoms with Gasteiger partial charge in [-0.25, -0.2) is 0 Å². The van der Waals surface area contributed by atoms with Crippen molar-refractivity contribution in [2.45, 2.75) is 27.7 Å². The molecule has 0 amide bonds. The fourth-order valence-corrected chi connectivity index (χ4v) is 5.54. The molecule has 0 bridgehead atoms. The summed E-state index contributed by atoms with van der Waals surface area (Å²) in [7, 11) is -1.08. The quantitative estimate of drug-likeness (QED) is 0.594. The smallest absolute Gasteiger partial charge is 0.193 e. The maximum atomic E-state index is 13.7. The largest absolute Gasteiger partial charge is 0.288 e. The predicted molar refractivity (Wildman–Crippen MR) is 109 cm³/mol. The van der Waals surface area contributed by atoms with E-state index in [1.807, 2.05) is 36.4 Å². The van der Waals surface area contributed by atoms with E-state index < -0.39 is 7.92 Å². The lowest BCUT2D eigenvalue weighted by Crippen LogP contribution is -2.20. The number of benzene rings is 3. The first-order valence-corrected chi connectivity index (χ1v) is 9.87. The van der Waals surface area contributed by atoms with Crippen LogP contribution in [0.4, 0.5) is 0 Å². The van der Waals surface area contributed by atoms with Crippen molar-refractivity contribution in [2.24, 2.45) is 0 Å². The molecule has 3 aromatic rings. The lowest BCUT2D eigenvalue weighted by Gasteiger charge is -2.21. The van der Waals surface area contributed by atoms with Gasteiger partial charge in [0.25, 0.3) is 0 Å². The van der Waals surface area contributed by atoms with E-state index in [0.29, 0.717) is 0 Å². The standard InChI is InChI=1S/C23H23OP/c1-16-15-17(2)22(19(4)18(16)3)23(24)25(20-11-7-5-8-12-20)21-13-9-6-10-14-21/h5-15H,1-4H3. The summed E-state index contributed by atoms with van der Waals surface area (Å²) in [5.74, 6) is 0. The van der Waals surface area contributed by atoms with Crippen LogP contribution in [-0.4, -0.2) is 5.52 Å². The van der Waals surface area contributed by atoms with Crippen LogP contribution < -0.4 is 10.6 Å². The van der Waals surface area contributed by atoms with Gasteiger partial charge in [0.15, 0.2) is 5.52 Å². The highest BCUT2D eigenvalue weighted by molar-refractivity contribution is 7.88. The van der Waals surface area contributed by atoms with Crippen LogP contribution in [0.5, 0.6) is 0 Å². The van der Waals surface area contributed by atoms with Crippen molar-refractivity contribution >= 4 is 24.1 Å². The topological polar surface area (TPSA) is 17.1 Å². The molecule has 1 nitrogen and oxygen atoms in total. The summed E-state index contributed by atoms with van der Waals surface area (Å²) in [6.07, 6.45) is 0. The molecule has 0 aliphatic rings. The molecule has 0 aliphatic heterocycles. The molecule has 0 spiro atoms. The van der Waals surface area contributed by atoms with Crippen LogP contribution in [0, 0.1) is 27.7 Å². The molecule has 0 aromatic heterocycles. The highest BCUT2D eigenvalue weighted by Gasteiger charge is 2.26. The van der Waals surface area contributed by atoms with Crippen LogP contribution >= 0.6 is 7.92 Å². The third kappa shape index (κ3) is 3.43. The normalized spacial score (nSPS) is 10.9. The maximum absolute atomic E-state index is 13.7. The second-order valence-electron chi connectivity index (χ2n) is 6.45. The summed E-state index contributed by atoms with van der Waals surface area (Å²) in [5, 5.41) is 2.21. The number of hydrogen-bond acceptors (Lipinski definition) is 1. The minimum atomic E-state index is -1.08. The van der Waals surface area contributed by atoms with Gasteiger partial charge in [0.1, 0.15) is 0 Å².